The highest BCUT2D eigenvalue weighted by Gasteiger charge is 2.51. The molecule has 2 bridgehead atoms. The number of carbonyl (C=O) groups is 1. The van der Waals surface area contributed by atoms with E-state index >= 15 is 0 Å². The molecule has 0 saturated carbocycles. The number of hydrogen-bond acceptors (Lipinski definition) is 6. The first-order valence-electron chi connectivity index (χ1n) is 6.62. The zero-order valence-electron chi connectivity index (χ0n) is 12.0. The average Bonchev–Trinajstić information content (AvgIpc) is 2.38. The molecule has 0 unspecified atom stereocenters. The van der Waals surface area contributed by atoms with Gasteiger partial charge in [-0.1, -0.05) is 0 Å². The average molecular weight is 343 g/mol. The molecule has 10 heteroatoms. The van der Waals surface area contributed by atoms with Crippen LogP contribution in [-0.4, -0.2) is 51.0 Å². The van der Waals surface area contributed by atoms with E-state index < -0.39 is 33.4 Å². The summed E-state index contributed by atoms with van der Waals surface area (Å²) in [6, 6.07) is -0.663. The Bertz CT molecular complexity index is 598. The molecule has 0 radical (unpaired) electrons. The molecular weight excluding hydrogens is 327 g/mol. The van der Waals surface area contributed by atoms with Gasteiger partial charge in [-0.2, -0.15) is 21.6 Å². The summed E-state index contributed by atoms with van der Waals surface area (Å²) in [4.78, 5) is 13.7. The van der Waals surface area contributed by atoms with Crippen LogP contribution in [0.4, 0.5) is 13.2 Å². The van der Waals surface area contributed by atoms with Gasteiger partial charge >= 0.3 is 21.6 Å². The third kappa shape index (κ3) is 2.94. The minimum Gasteiger partial charge on any atom is -0.466 e. The van der Waals surface area contributed by atoms with E-state index in [4.69, 9.17) is 0 Å². The predicted molar refractivity (Wildman–Crippen MR) is 68.9 cm³/mol. The number of ether oxygens (including phenoxy) is 1. The Labute approximate surface area is 126 Å². The van der Waals surface area contributed by atoms with E-state index in [0.29, 0.717) is 12.8 Å². The molecule has 0 amide bonds. The summed E-state index contributed by atoms with van der Waals surface area (Å²) in [5.74, 6) is -1.33. The quantitative estimate of drug-likeness (QED) is 0.440. The summed E-state index contributed by atoms with van der Waals surface area (Å²) in [6.45, 7) is 0. The van der Waals surface area contributed by atoms with Crippen LogP contribution >= 0.6 is 0 Å². The molecule has 0 aliphatic carbocycles. The lowest BCUT2D eigenvalue weighted by Gasteiger charge is -2.44. The van der Waals surface area contributed by atoms with Gasteiger partial charge < -0.3 is 8.92 Å². The van der Waals surface area contributed by atoms with E-state index in [-0.39, 0.29) is 18.0 Å². The van der Waals surface area contributed by atoms with Crippen LogP contribution in [0.3, 0.4) is 0 Å². The van der Waals surface area contributed by atoms with E-state index in [1.807, 2.05) is 4.90 Å². The molecule has 126 valence electrons. The number of fused-ring (bicyclic) bond motifs is 2. The molecule has 2 heterocycles. The van der Waals surface area contributed by atoms with Gasteiger partial charge in [0.25, 0.3) is 0 Å². The Morgan fingerprint density at radius 3 is 2.50 bits per heavy atom. The maximum absolute atomic E-state index is 12.5. The predicted octanol–water partition coefficient (Wildman–Crippen LogP) is 1.54. The lowest BCUT2D eigenvalue weighted by Crippen LogP contribution is -2.50. The summed E-state index contributed by atoms with van der Waals surface area (Å²) < 4.78 is 68.8. The number of methoxy groups -OCH3 is 1. The topological polar surface area (TPSA) is 72.9 Å². The molecule has 0 spiro atoms. The van der Waals surface area contributed by atoms with Crippen molar-refractivity contribution in [1.82, 2.24) is 4.90 Å². The summed E-state index contributed by atoms with van der Waals surface area (Å²) in [7, 11) is -2.98. The van der Waals surface area contributed by atoms with Crippen molar-refractivity contribution in [3.63, 3.8) is 0 Å². The minimum absolute atomic E-state index is 0.0766. The molecule has 2 aliphatic rings. The third-order valence-corrected chi connectivity index (χ3v) is 5.02. The number of likely N-dealkylation sites (N-methyl/N-ethyl adjacent to an activating group) is 1. The molecule has 2 aliphatic heterocycles. The van der Waals surface area contributed by atoms with Gasteiger partial charge in [0, 0.05) is 18.5 Å². The van der Waals surface area contributed by atoms with Crippen molar-refractivity contribution in [2.45, 2.75) is 43.3 Å². The van der Waals surface area contributed by atoms with Crippen molar-refractivity contribution in [2.75, 3.05) is 14.2 Å². The number of rotatable bonds is 3. The Morgan fingerprint density at radius 1 is 1.32 bits per heavy atom. The monoisotopic (exact) mass is 343 g/mol. The highest BCUT2D eigenvalue weighted by Crippen LogP contribution is 2.39. The second kappa shape index (κ2) is 5.73. The molecule has 2 atom stereocenters. The van der Waals surface area contributed by atoms with Crippen LogP contribution in [0, 0.1) is 0 Å². The SMILES string of the molecule is COC(=O)C1=C(OS(=O)(=O)C(F)(F)F)C[C@H]2CCC[C@@H]1N2C. The van der Waals surface area contributed by atoms with E-state index in [2.05, 4.69) is 8.92 Å². The van der Waals surface area contributed by atoms with E-state index in [0.717, 1.165) is 13.5 Å². The maximum atomic E-state index is 12.5. The molecule has 0 aromatic rings. The lowest BCUT2D eigenvalue weighted by atomic mass is 9.83. The van der Waals surface area contributed by atoms with Crippen LogP contribution in [0.2, 0.25) is 0 Å². The van der Waals surface area contributed by atoms with Gasteiger partial charge in [0.1, 0.15) is 5.76 Å². The fourth-order valence-electron chi connectivity index (χ4n) is 2.93. The molecule has 2 rings (SSSR count). The standard InChI is InChI=1S/C12H16F3NO5S/c1-16-7-4-3-5-8(16)10(11(17)20-2)9(6-7)21-22(18,19)12(13,14)15/h7-8H,3-6H2,1-2H3/t7-,8+/m1/s1. The summed E-state index contributed by atoms with van der Waals surface area (Å²) in [5.41, 5.74) is -5.69. The van der Waals surface area contributed by atoms with Crippen LogP contribution < -0.4 is 0 Å². The summed E-state index contributed by atoms with van der Waals surface area (Å²) in [5, 5.41) is 0. The molecule has 22 heavy (non-hydrogen) atoms. The first-order chi connectivity index (χ1) is 10.1. The van der Waals surface area contributed by atoms with Gasteiger partial charge in [0.05, 0.1) is 12.7 Å². The van der Waals surface area contributed by atoms with Crippen molar-refractivity contribution >= 4 is 16.1 Å². The zero-order chi connectivity index (χ0) is 16.7. The van der Waals surface area contributed by atoms with Crippen LogP contribution in [-0.2, 0) is 23.8 Å². The number of piperidine rings is 1. The largest absolute Gasteiger partial charge is 0.534 e. The van der Waals surface area contributed by atoms with Crippen molar-refractivity contribution < 1.29 is 35.3 Å². The third-order valence-electron chi connectivity index (χ3n) is 4.04. The van der Waals surface area contributed by atoms with Crippen LogP contribution in [0.15, 0.2) is 11.3 Å². The van der Waals surface area contributed by atoms with Gasteiger partial charge in [-0.3, -0.25) is 4.90 Å². The number of hydrogen-bond donors (Lipinski definition) is 0. The normalized spacial score (nSPS) is 26.8. The van der Waals surface area contributed by atoms with Gasteiger partial charge in [-0.15, -0.1) is 0 Å². The molecule has 6 nitrogen and oxygen atoms in total. The molecule has 0 aromatic carbocycles. The Hall–Kier alpha value is -1.29. The summed E-state index contributed by atoms with van der Waals surface area (Å²) in [6.07, 6.45) is 1.93. The number of halogens is 3. The second-order valence-corrected chi connectivity index (χ2v) is 6.82. The molecule has 1 saturated heterocycles. The zero-order valence-corrected chi connectivity index (χ0v) is 12.8. The number of alkyl halides is 3. The van der Waals surface area contributed by atoms with Crippen molar-refractivity contribution in [2.24, 2.45) is 0 Å². The second-order valence-electron chi connectivity index (χ2n) is 5.28. The lowest BCUT2D eigenvalue weighted by molar-refractivity contribution is -0.137. The van der Waals surface area contributed by atoms with E-state index in [9.17, 15) is 26.4 Å². The highest BCUT2D eigenvalue weighted by molar-refractivity contribution is 7.87. The number of carbonyl (C=O) groups excluding carboxylic acids is 1. The first kappa shape index (κ1) is 17.1. The van der Waals surface area contributed by atoms with Gasteiger partial charge in [0.15, 0.2) is 0 Å². The number of esters is 1. The summed E-state index contributed by atoms with van der Waals surface area (Å²) >= 11 is 0. The maximum Gasteiger partial charge on any atom is 0.534 e. The van der Waals surface area contributed by atoms with Crippen LogP contribution in [0.25, 0.3) is 0 Å². The molecular formula is C12H16F3NO5S. The van der Waals surface area contributed by atoms with Crippen LogP contribution in [0.1, 0.15) is 25.7 Å². The molecule has 0 aromatic heterocycles. The Morgan fingerprint density at radius 2 is 1.95 bits per heavy atom. The van der Waals surface area contributed by atoms with E-state index in [1.54, 1.807) is 7.05 Å². The van der Waals surface area contributed by atoms with Crippen molar-refractivity contribution in [1.29, 1.82) is 0 Å². The van der Waals surface area contributed by atoms with Crippen molar-refractivity contribution in [3.8, 4) is 0 Å². The fraction of sp³-hybridized carbons (Fsp3) is 0.750. The van der Waals surface area contributed by atoms with Gasteiger partial charge in [-0.05, 0) is 26.3 Å². The number of nitrogens with zero attached hydrogens (tertiary/aromatic N) is 1. The fourth-order valence-corrected chi connectivity index (χ4v) is 3.45. The van der Waals surface area contributed by atoms with Gasteiger partial charge in [0.2, 0.25) is 0 Å². The smallest absolute Gasteiger partial charge is 0.466 e. The molecule has 1 fully saturated rings. The Balaban J connectivity index is 2.46. The first-order valence-corrected chi connectivity index (χ1v) is 8.03. The van der Waals surface area contributed by atoms with Gasteiger partial charge in [-0.25, -0.2) is 4.79 Å². The van der Waals surface area contributed by atoms with E-state index in [1.165, 1.54) is 0 Å². The Kier molecular flexibility index (Phi) is 4.44. The highest BCUT2D eigenvalue weighted by atomic mass is 32.2. The minimum atomic E-state index is -5.80. The van der Waals surface area contributed by atoms with Crippen LogP contribution in [0.5, 0.6) is 0 Å². The van der Waals surface area contributed by atoms with Crippen molar-refractivity contribution in [3.05, 3.63) is 11.3 Å². The molecule has 0 N–H and O–H groups in total.